The maximum absolute atomic E-state index is 13.9. The predicted molar refractivity (Wildman–Crippen MR) is 115 cm³/mol. The van der Waals surface area contributed by atoms with Gasteiger partial charge in [-0.1, -0.05) is 30.3 Å². The van der Waals surface area contributed by atoms with Crippen LogP contribution in [0.2, 0.25) is 0 Å². The molecule has 1 N–H and O–H groups in total. The third kappa shape index (κ3) is 4.79. The Balaban J connectivity index is 1.61. The number of carbonyl (C=O) groups is 1. The summed E-state index contributed by atoms with van der Waals surface area (Å²) in [5.41, 5.74) is 0.464. The van der Waals surface area contributed by atoms with Crippen LogP contribution in [0.25, 0.3) is 22.3 Å². The second-order valence-corrected chi connectivity index (χ2v) is 7.41. The minimum absolute atomic E-state index is 0.0169. The van der Waals surface area contributed by atoms with Gasteiger partial charge >= 0.3 is 6.18 Å². The summed E-state index contributed by atoms with van der Waals surface area (Å²) in [6, 6.07) is 13.0. The first-order valence-electron chi connectivity index (χ1n) is 10.1. The molecule has 4 aromatic rings. The molecule has 1 amide bonds. The molecule has 0 saturated carbocycles. The number of alkyl halides is 3. The normalized spacial score (nSPS) is 12.5. The van der Waals surface area contributed by atoms with E-state index in [-0.39, 0.29) is 28.6 Å². The summed E-state index contributed by atoms with van der Waals surface area (Å²) < 4.78 is 48.4. The topological polar surface area (TPSA) is 81.9 Å². The molecule has 4 rings (SSSR count). The standard InChI is InChI=1S/C23H20F3N5O2/c1-14(15-7-4-3-5-8-15)28-18(32)13-33-19-11-17(23(24,25)26)20-21(16-9-6-10-27-12-16)30-31(2)22(20)29-19/h3-12,14H,13H2,1-2H3,(H,28,32). The Bertz CT molecular complexity index is 1270. The largest absolute Gasteiger partial charge is 0.467 e. The van der Waals surface area contributed by atoms with Gasteiger partial charge in [0.15, 0.2) is 12.3 Å². The maximum atomic E-state index is 13.9. The number of hydrogen-bond donors (Lipinski definition) is 1. The molecule has 0 aliphatic carbocycles. The minimum Gasteiger partial charge on any atom is -0.467 e. The lowest BCUT2D eigenvalue weighted by molar-refractivity contribution is -0.136. The Labute approximate surface area is 187 Å². The first-order valence-corrected chi connectivity index (χ1v) is 10.1. The van der Waals surface area contributed by atoms with Gasteiger partial charge in [-0.05, 0) is 24.6 Å². The molecule has 1 unspecified atom stereocenters. The van der Waals surface area contributed by atoms with Crippen molar-refractivity contribution in [3.63, 3.8) is 0 Å². The predicted octanol–water partition coefficient (Wildman–Crippen LogP) is 4.31. The summed E-state index contributed by atoms with van der Waals surface area (Å²) in [7, 11) is 1.49. The lowest BCUT2D eigenvalue weighted by Crippen LogP contribution is -2.31. The summed E-state index contributed by atoms with van der Waals surface area (Å²) in [6.07, 6.45) is -1.73. The molecule has 33 heavy (non-hydrogen) atoms. The van der Waals surface area contributed by atoms with Gasteiger partial charge in [0.05, 0.1) is 17.0 Å². The number of halogens is 3. The summed E-state index contributed by atoms with van der Waals surface area (Å²) in [6.45, 7) is 1.31. The highest BCUT2D eigenvalue weighted by Crippen LogP contribution is 2.40. The van der Waals surface area contributed by atoms with Crippen LogP contribution in [-0.4, -0.2) is 32.3 Å². The van der Waals surface area contributed by atoms with Crippen LogP contribution in [0.3, 0.4) is 0 Å². The van der Waals surface area contributed by atoms with Gasteiger partial charge in [0, 0.05) is 31.1 Å². The van der Waals surface area contributed by atoms with Gasteiger partial charge in [-0.3, -0.25) is 9.78 Å². The van der Waals surface area contributed by atoms with E-state index in [0.717, 1.165) is 11.6 Å². The molecule has 3 heterocycles. The van der Waals surface area contributed by atoms with Crippen LogP contribution in [0.15, 0.2) is 60.9 Å². The van der Waals surface area contributed by atoms with E-state index in [0.29, 0.717) is 5.56 Å². The molecule has 0 bridgehead atoms. The van der Waals surface area contributed by atoms with Crippen molar-refractivity contribution in [2.24, 2.45) is 7.05 Å². The monoisotopic (exact) mass is 455 g/mol. The van der Waals surface area contributed by atoms with E-state index in [1.54, 1.807) is 19.1 Å². The molecule has 0 fully saturated rings. The van der Waals surface area contributed by atoms with Crippen molar-refractivity contribution in [2.45, 2.75) is 19.1 Å². The Morgan fingerprint density at radius 1 is 1.18 bits per heavy atom. The van der Waals surface area contributed by atoms with E-state index in [1.165, 1.54) is 24.1 Å². The first-order chi connectivity index (χ1) is 15.7. The highest BCUT2D eigenvalue weighted by Gasteiger charge is 2.36. The SMILES string of the molecule is CC(NC(=O)COc1cc(C(F)(F)F)c2c(-c3cccnc3)nn(C)c2n1)c1ccccc1. The average molecular weight is 455 g/mol. The number of aromatic nitrogens is 4. The second-order valence-electron chi connectivity index (χ2n) is 7.41. The van der Waals surface area contributed by atoms with Crippen molar-refractivity contribution in [1.29, 1.82) is 0 Å². The summed E-state index contributed by atoms with van der Waals surface area (Å²) >= 11 is 0. The van der Waals surface area contributed by atoms with E-state index in [1.807, 2.05) is 30.3 Å². The van der Waals surface area contributed by atoms with E-state index in [2.05, 4.69) is 20.4 Å². The van der Waals surface area contributed by atoms with Gasteiger partial charge in [-0.15, -0.1) is 0 Å². The number of nitrogens with zero attached hydrogens (tertiary/aromatic N) is 4. The fraction of sp³-hybridized carbons (Fsp3) is 0.217. The molecular weight excluding hydrogens is 435 g/mol. The molecule has 1 atom stereocenters. The molecule has 10 heteroatoms. The number of hydrogen-bond acceptors (Lipinski definition) is 5. The summed E-state index contributed by atoms with van der Waals surface area (Å²) in [4.78, 5) is 20.4. The molecular formula is C23H20F3N5O2. The number of fused-ring (bicyclic) bond motifs is 1. The molecule has 7 nitrogen and oxygen atoms in total. The number of carbonyl (C=O) groups excluding carboxylic acids is 1. The molecule has 0 aliphatic heterocycles. The minimum atomic E-state index is -4.69. The van der Waals surface area contributed by atoms with Gasteiger partial charge in [-0.25, -0.2) is 4.68 Å². The second kappa shape index (κ2) is 8.89. The first kappa shape index (κ1) is 22.3. The quantitative estimate of drug-likeness (QED) is 0.469. The number of ether oxygens (including phenoxy) is 1. The van der Waals surface area contributed by atoms with Crippen molar-refractivity contribution >= 4 is 16.9 Å². The third-order valence-corrected chi connectivity index (χ3v) is 5.04. The Hall–Kier alpha value is -3.95. The number of benzene rings is 1. The highest BCUT2D eigenvalue weighted by molar-refractivity contribution is 5.94. The molecule has 1 aromatic carbocycles. The fourth-order valence-electron chi connectivity index (χ4n) is 3.47. The highest BCUT2D eigenvalue weighted by atomic mass is 19.4. The van der Waals surface area contributed by atoms with E-state index in [4.69, 9.17) is 4.74 Å². The fourth-order valence-corrected chi connectivity index (χ4v) is 3.47. The van der Waals surface area contributed by atoms with Gasteiger partial charge in [0.2, 0.25) is 5.88 Å². The van der Waals surface area contributed by atoms with Crippen LogP contribution in [-0.2, 0) is 18.0 Å². The van der Waals surface area contributed by atoms with E-state index >= 15 is 0 Å². The van der Waals surface area contributed by atoms with Crippen LogP contribution < -0.4 is 10.1 Å². The molecule has 0 saturated heterocycles. The molecule has 0 radical (unpaired) electrons. The van der Waals surface area contributed by atoms with Gasteiger partial charge in [-0.2, -0.15) is 23.3 Å². The lowest BCUT2D eigenvalue weighted by Gasteiger charge is -2.15. The molecule has 0 aliphatic rings. The maximum Gasteiger partial charge on any atom is 0.417 e. The summed E-state index contributed by atoms with van der Waals surface area (Å²) in [5.74, 6) is -0.805. The number of rotatable bonds is 6. The van der Waals surface area contributed by atoms with Crippen molar-refractivity contribution in [1.82, 2.24) is 25.1 Å². The van der Waals surface area contributed by atoms with Gasteiger partial charge in [0.25, 0.3) is 5.91 Å². The van der Waals surface area contributed by atoms with Crippen molar-refractivity contribution in [2.75, 3.05) is 6.61 Å². The number of amides is 1. The van der Waals surface area contributed by atoms with Crippen LogP contribution in [0, 0.1) is 0 Å². The van der Waals surface area contributed by atoms with E-state index < -0.39 is 24.3 Å². The average Bonchev–Trinajstić information content (AvgIpc) is 3.14. The van der Waals surface area contributed by atoms with Gasteiger partial charge < -0.3 is 10.1 Å². The molecule has 0 spiro atoms. The van der Waals surface area contributed by atoms with Crippen molar-refractivity contribution in [3.05, 3.63) is 72.1 Å². The Morgan fingerprint density at radius 2 is 1.94 bits per heavy atom. The van der Waals surface area contributed by atoms with E-state index in [9.17, 15) is 18.0 Å². The number of pyridine rings is 2. The smallest absolute Gasteiger partial charge is 0.417 e. The lowest BCUT2D eigenvalue weighted by atomic mass is 10.1. The Morgan fingerprint density at radius 3 is 2.61 bits per heavy atom. The molecule has 170 valence electrons. The zero-order valence-electron chi connectivity index (χ0n) is 17.8. The number of aryl methyl sites for hydroxylation is 1. The van der Waals surface area contributed by atoms with Crippen LogP contribution >= 0.6 is 0 Å². The van der Waals surface area contributed by atoms with Crippen LogP contribution in [0.1, 0.15) is 24.1 Å². The van der Waals surface area contributed by atoms with Crippen molar-refractivity contribution < 1.29 is 22.7 Å². The zero-order chi connectivity index (χ0) is 23.6. The van der Waals surface area contributed by atoms with Gasteiger partial charge in [0.1, 0.15) is 5.69 Å². The zero-order valence-corrected chi connectivity index (χ0v) is 17.8. The molecule has 3 aromatic heterocycles. The van der Waals surface area contributed by atoms with Crippen molar-refractivity contribution in [3.8, 4) is 17.1 Å². The van der Waals surface area contributed by atoms with Crippen LogP contribution in [0.5, 0.6) is 5.88 Å². The summed E-state index contributed by atoms with van der Waals surface area (Å²) in [5, 5.41) is 6.81. The van der Waals surface area contributed by atoms with Crippen LogP contribution in [0.4, 0.5) is 13.2 Å². The Kier molecular flexibility index (Phi) is 5.99. The third-order valence-electron chi connectivity index (χ3n) is 5.04. The number of nitrogens with one attached hydrogen (secondary N) is 1.